The molecule has 7 nitrogen and oxygen atoms in total. The third kappa shape index (κ3) is 4.44. The summed E-state index contributed by atoms with van der Waals surface area (Å²) < 4.78 is 1.55. The Morgan fingerprint density at radius 2 is 1.88 bits per heavy atom. The van der Waals surface area contributed by atoms with Gasteiger partial charge in [-0.25, -0.2) is 9.48 Å². The normalized spacial score (nSPS) is 11.6. The van der Waals surface area contributed by atoms with Crippen LogP contribution in [0.15, 0.2) is 72.2 Å². The molecule has 0 atom stereocenters. The highest BCUT2D eigenvalue weighted by molar-refractivity contribution is 5.99. The lowest BCUT2D eigenvalue weighted by atomic mass is 10.1. The first kappa shape index (κ1) is 16.3. The van der Waals surface area contributed by atoms with E-state index in [1.807, 2.05) is 54.6 Å². The molecule has 0 aliphatic heterocycles. The summed E-state index contributed by atoms with van der Waals surface area (Å²) in [6, 6.07) is 16.9. The number of aromatic nitrogens is 4. The van der Waals surface area contributed by atoms with Gasteiger partial charge in [0.1, 0.15) is 6.33 Å². The minimum Gasteiger partial charge on any atom is -0.313 e. The van der Waals surface area contributed by atoms with E-state index in [1.54, 1.807) is 17.7 Å². The lowest BCUT2D eigenvalue weighted by molar-refractivity contribution is -0.137. The van der Waals surface area contributed by atoms with Crippen LogP contribution in [0.1, 0.15) is 18.1 Å². The quantitative estimate of drug-likeness (QED) is 0.310. The SMILES string of the molecule is C/C(=N\OC(=O)/C=C/c1ccccc1)c1ccc(-n2cnnn2)cc1. The number of oxime groups is 1. The molecule has 0 spiro atoms. The highest BCUT2D eigenvalue weighted by Gasteiger charge is 2.03. The average molecular weight is 333 g/mol. The fraction of sp³-hybridized carbons (Fsp3) is 0.0556. The topological polar surface area (TPSA) is 82.3 Å². The van der Waals surface area contributed by atoms with Crippen LogP contribution in [0.3, 0.4) is 0 Å². The molecule has 0 bridgehead atoms. The van der Waals surface area contributed by atoms with E-state index in [0.717, 1.165) is 16.8 Å². The van der Waals surface area contributed by atoms with Crippen LogP contribution in [0.5, 0.6) is 0 Å². The first-order valence-corrected chi connectivity index (χ1v) is 7.55. The van der Waals surface area contributed by atoms with Crippen LogP contribution in [-0.2, 0) is 9.63 Å². The van der Waals surface area contributed by atoms with Gasteiger partial charge in [-0.15, -0.1) is 5.10 Å². The van der Waals surface area contributed by atoms with Crippen LogP contribution in [0.25, 0.3) is 11.8 Å². The van der Waals surface area contributed by atoms with Crippen molar-refractivity contribution in [2.45, 2.75) is 6.92 Å². The van der Waals surface area contributed by atoms with E-state index in [9.17, 15) is 4.79 Å². The van der Waals surface area contributed by atoms with Crippen molar-refractivity contribution in [1.82, 2.24) is 20.2 Å². The number of hydrogen-bond donors (Lipinski definition) is 0. The fourth-order valence-corrected chi connectivity index (χ4v) is 2.06. The van der Waals surface area contributed by atoms with Crippen molar-refractivity contribution in [2.75, 3.05) is 0 Å². The summed E-state index contributed by atoms with van der Waals surface area (Å²) in [4.78, 5) is 16.6. The van der Waals surface area contributed by atoms with Crippen molar-refractivity contribution < 1.29 is 9.63 Å². The summed E-state index contributed by atoms with van der Waals surface area (Å²) in [5.74, 6) is -0.534. The number of rotatable bonds is 5. The minimum atomic E-state index is -0.534. The maximum Gasteiger partial charge on any atom is 0.358 e. The van der Waals surface area contributed by atoms with E-state index in [4.69, 9.17) is 4.84 Å². The van der Waals surface area contributed by atoms with Crippen LogP contribution in [-0.4, -0.2) is 31.9 Å². The molecule has 7 heteroatoms. The van der Waals surface area contributed by atoms with Crippen LogP contribution >= 0.6 is 0 Å². The average Bonchev–Trinajstić information content (AvgIpc) is 3.20. The molecule has 3 aromatic rings. The van der Waals surface area contributed by atoms with Gasteiger partial charge in [0, 0.05) is 6.08 Å². The summed E-state index contributed by atoms with van der Waals surface area (Å²) in [7, 11) is 0. The summed E-state index contributed by atoms with van der Waals surface area (Å²) in [6.07, 6.45) is 4.53. The van der Waals surface area contributed by atoms with E-state index in [0.29, 0.717) is 5.71 Å². The standard InChI is InChI=1S/C18H15N5O2/c1-14(16-8-10-17(11-9-16)23-13-19-21-22-23)20-25-18(24)12-7-15-5-3-2-4-6-15/h2-13H,1H3/b12-7+,20-14+. The Labute approximate surface area is 144 Å². The molecule has 0 unspecified atom stereocenters. The minimum absolute atomic E-state index is 0.534. The van der Waals surface area contributed by atoms with E-state index >= 15 is 0 Å². The zero-order chi connectivity index (χ0) is 17.5. The number of benzene rings is 2. The van der Waals surface area contributed by atoms with Crippen LogP contribution in [0.2, 0.25) is 0 Å². The van der Waals surface area contributed by atoms with Crippen molar-refractivity contribution in [3.8, 4) is 5.69 Å². The summed E-state index contributed by atoms with van der Waals surface area (Å²) in [5, 5.41) is 14.9. The zero-order valence-electron chi connectivity index (χ0n) is 13.5. The monoisotopic (exact) mass is 333 g/mol. The molecule has 0 N–H and O–H groups in total. The summed E-state index contributed by atoms with van der Waals surface area (Å²) >= 11 is 0. The van der Waals surface area contributed by atoms with Gasteiger partial charge in [-0.05, 0) is 46.7 Å². The molecule has 124 valence electrons. The molecule has 25 heavy (non-hydrogen) atoms. The van der Waals surface area contributed by atoms with Crippen molar-refractivity contribution in [3.63, 3.8) is 0 Å². The van der Waals surface area contributed by atoms with Gasteiger partial charge in [0.2, 0.25) is 0 Å². The van der Waals surface area contributed by atoms with Crippen LogP contribution < -0.4 is 0 Å². The summed E-state index contributed by atoms with van der Waals surface area (Å²) in [6.45, 7) is 1.76. The Bertz CT molecular complexity index is 885. The Kier molecular flexibility index (Phi) is 5.06. The smallest absolute Gasteiger partial charge is 0.313 e. The molecule has 0 aliphatic rings. The number of carbonyl (C=O) groups excluding carboxylic acids is 1. The number of nitrogens with zero attached hydrogens (tertiary/aromatic N) is 5. The fourth-order valence-electron chi connectivity index (χ4n) is 2.06. The van der Waals surface area contributed by atoms with Gasteiger partial charge in [0.25, 0.3) is 0 Å². The number of carbonyl (C=O) groups is 1. The molecular formula is C18H15N5O2. The van der Waals surface area contributed by atoms with Crippen molar-refractivity contribution in [3.05, 3.63) is 78.1 Å². The Balaban J connectivity index is 1.61. The predicted octanol–water partition coefficient (Wildman–Crippen LogP) is 2.64. The van der Waals surface area contributed by atoms with Crippen molar-refractivity contribution in [1.29, 1.82) is 0 Å². The predicted molar refractivity (Wildman–Crippen MR) is 92.9 cm³/mol. The molecule has 1 heterocycles. The Morgan fingerprint density at radius 3 is 2.56 bits per heavy atom. The van der Waals surface area contributed by atoms with Crippen molar-refractivity contribution >= 4 is 17.8 Å². The highest BCUT2D eigenvalue weighted by Crippen LogP contribution is 2.09. The lowest BCUT2D eigenvalue weighted by Crippen LogP contribution is -2.01. The first-order chi connectivity index (χ1) is 12.2. The van der Waals surface area contributed by atoms with E-state index in [2.05, 4.69) is 20.7 Å². The molecule has 3 rings (SSSR count). The molecule has 0 saturated heterocycles. The second-order valence-electron chi connectivity index (χ2n) is 5.13. The summed E-state index contributed by atoms with van der Waals surface area (Å²) in [5.41, 5.74) is 3.16. The molecule has 1 aromatic heterocycles. The maximum atomic E-state index is 11.7. The van der Waals surface area contributed by atoms with Gasteiger partial charge in [-0.2, -0.15) is 0 Å². The van der Waals surface area contributed by atoms with E-state index in [-0.39, 0.29) is 0 Å². The van der Waals surface area contributed by atoms with Crippen LogP contribution in [0, 0.1) is 0 Å². The molecule has 2 aromatic carbocycles. The van der Waals surface area contributed by atoms with Gasteiger partial charge >= 0.3 is 5.97 Å². The highest BCUT2D eigenvalue weighted by atomic mass is 16.7. The first-order valence-electron chi connectivity index (χ1n) is 7.55. The van der Waals surface area contributed by atoms with Gasteiger partial charge in [0.15, 0.2) is 0 Å². The molecule has 0 fully saturated rings. The number of hydrogen-bond acceptors (Lipinski definition) is 6. The van der Waals surface area contributed by atoms with E-state index in [1.165, 1.54) is 12.4 Å². The second-order valence-corrected chi connectivity index (χ2v) is 5.13. The maximum absolute atomic E-state index is 11.7. The Morgan fingerprint density at radius 1 is 1.12 bits per heavy atom. The third-order valence-electron chi connectivity index (χ3n) is 3.38. The van der Waals surface area contributed by atoms with Crippen molar-refractivity contribution in [2.24, 2.45) is 5.16 Å². The molecule has 0 aliphatic carbocycles. The van der Waals surface area contributed by atoms with Gasteiger partial charge in [-0.1, -0.05) is 47.6 Å². The molecular weight excluding hydrogens is 318 g/mol. The van der Waals surface area contributed by atoms with E-state index < -0.39 is 5.97 Å². The molecule has 0 amide bonds. The Hall–Kier alpha value is -3.61. The molecule has 0 saturated carbocycles. The second kappa shape index (κ2) is 7.78. The largest absolute Gasteiger partial charge is 0.358 e. The molecule has 0 radical (unpaired) electrons. The van der Waals surface area contributed by atoms with Gasteiger partial charge < -0.3 is 4.84 Å². The zero-order valence-corrected chi connectivity index (χ0v) is 13.5. The van der Waals surface area contributed by atoms with Gasteiger partial charge in [-0.3, -0.25) is 0 Å². The lowest BCUT2D eigenvalue weighted by Gasteiger charge is -2.02. The number of tetrazole rings is 1. The third-order valence-corrected chi connectivity index (χ3v) is 3.38. The van der Waals surface area contributed by atoms with Gasteiger partial charge in [0.05, 0.1) is 11.4 Å². The van der Waals surface area contributed by atoms with Crippen LogP contribution in [0.4, 0.5) is 0 Å².